The smallest absolute Gasteiger partial charge is 0.165 e. The van der Waals surface area contributed by atoms with E-state index in [0.29, 0.717) is 10.1 Å². The maximum absolute atomic E-state index is 12.2. The molecular weight excluding hydrogens is 233 g/mol. The van der Waals surface area contributed by atoms with Crippen LogP contribution >= 0.6 is 23.7 Å². The number of benzene rings is 1. The van der Waals surface area contributed by atoms with Crippen molar-refractivity contribution in [1.82, 2.24) is 0 Å². The molecule has 5 heteroatoms. The van der Waals surface area contributed by atoms with Crippen LogP contribution in [0.25, 0.3) is 10.1 Å². The van der Waals surface area contributed by atoms with Gasteiger partial charge in [-0.3, -0.25) is 0 Å². The van der Waals surface area contributed by atoms with Crippen molar-refractivity contribution in [3.05, 3.63) is 35.2 Å². The lowest BCUT2D eigenvalue weighted by molar-refractivity contribution is -0.134. The SMILES string of the molecule is Cl.FC(F)(F)c1cc2ccccc2s1. The molecule has 76 valence electrons. The highest BCUT2D eigenvalue weighted by molar-refractivity contribution is 7.19. The van der Waals surface area contributed by atoms with E-state index in [1.807, 2.05) is 0 Å². The van der Waals surface area contributed by atoms with Gasteiger partial charge in [-0.1, -0.05) is 18.2 Å². The van der Waals surface area contributed by atoms with Crippen LogP contribution in [0.5, 0.6) is 0 Å². The van der Waals surface area contributed by atoms with Gasteiger partial charge in [0.05, 0.1) is 0 Å². The average Bonchev–Trinajstić information content (AvgIpc) is 2.45. The quantitative estimate of drug-likeness (QED) is 0.640. The summed E-state index contributed by atoms with van der Waals surface area (Å²) in [6.45, 7) is 0. The van der Waals surface area contributed by atoms with Gasteiger partial charge in [0.2, 0.25) is 0 Å². The van der Waals surface area contributed by atoms with Crippen LogP contribution in [-0.2, 0) is 6.18 Å². The van der Waals surface area contributed by atoms with Crippen molar-refractivity contribution in [3.63, 3.8) is 0 Å². The van der Waals surface area contributed by atoms with Crippen LogP contribution in [0.15, 0.2) is 30.3 Å². The van der Waals surface area contributed by atoms with Gasteiger partial charge in [0, 0.05) is 4.70 Å². The van der Waals surface area contributed by atoms with Crippen molar-refractivity contribution >= 4 is 33.8 Å². The molecule has 0 aliphatic heterocycles. The highest BCUT2D eigenvalue weighted by Gasteiger charge is 2.32. The van der Waals surface area contributed by atoms with E-state index in [9.17, 15) is 13.2 Å². The van der Waals surface area contributed by atoms with Crippen LogP contribution < -0.4 is 0 Å². The molecule has 1 aromatic heterocycles. The molecule has 0 bridgehead atoms. The Morgan fingerprint density at radius 1 is 1.07 bits per heavy atom. The van der Waals surface area contributed by atoms with E-state index in [1.165, 1.54) is 6.07 Å². The molecule has 0 aliphatic rings. The fourth-order valence-electron chi connectivity index (χ4n) is 1.12. The van der Waals surface area contributed by atoms with E-state index in [0.717, 1.165) is 11.3 Å². The first-order valence-corrected chi connectivity index (χ1v) is 4.45. The Balaban J connectivity index is 0.000000980. The zero-order chi connectivity index (χ0) is 9.47. The van der Waals surface area contributed by atoms with E-state index in [1.54, 1.807) is 24.3 Å². The molecule has 2 rings (SSSR count). The molecule has 0 radical (unpaired) electrons. The third-order valence-electron chi connectivity index (χ3n) is 1.70. The molecule has 1 heterocycles. The molecule has 0 atom stereocenters. The van der Waals surface area contributed by atoms with Gasteiger partial charge in [-0.05, 0) is 17.5 Å². The summed E-state index contributed by atoms with van der Waals surface area (Å²) in [5, 5.41) is 0.653. The number of alkyl halides is 3. The monoisotopic (exact) mass is 238 g/mol. The molecule has 1 aromatic carbocycles. The molecular formula is C9H6ClF3S. The third-order valence-corrected chi connectivity index (χ3v) is 2.87. The fourth-order valence-corrected chi connectivity index (χ4v) is 2.05. The minimum absolute atomic E-state index is 0. The van der Waals surface area contributed by atoms with E-state index in [2.05, 4.69) is 0 Å². The molecule has 0 unspecified atom stereocenters. The van der Waals surface area contributed by atoms with Crippen LogP contribution in [0.3, 0.4) is 0 Å². The highest BCUT2D eigenvalue weighted by atomic mass is 35.5. The minimum atomic E-state index is -4.22. The van der Waals surface area contributed by atoms with Crippen LogP contribution in [0, 0.1) is 0 Å². The lowest BCUT2D eigenvalue weighted by Gasteiger charge is -1.99. The summed E-state index contributed by atoms with van der Waals surface area (Å²) in [6, 6.07) is 8.02. The molecule has 0 nitrogen and oxygen atoms in total. The van der Waals surface area contributed by atoms with Gasteiger partial charge < -0.3 is 0 Å². The Bertz CT molecular complexity index is 400. The predicted molar refractivity (Wildman–Crippen MR) is 54.1 cm³/mol. The second-order valence-electron chi connectivity index (χ2n) is 2.65. The van der Waals surface area contributed by atoms with Crippen molar-refractivity contribution in [3.8, 4) is 0 Å². The van der Waals surface area contributed by atoms with Gasteiger partial charge in [-0.15, -0.1) is 23.7 Å². The summed E-state index contributed by atoms with van der Waals surface area (Å²) in [7, 11) is 0. The summed E-state index contributed by atoms with van der Waals surface area (Å²) in [4.78, 5) is -0.534. The van der Waals surface area contributed by atoms with Gasteiger partial charge >= 0.3 is 6.18 Å². The number of fused-ring (bicyclic) bond motifs is 1. The normalized spacial score (nSPS) is 11.4. The number of rotatable bonds is 0. The number of halogens is 4. The summed E-state index contributed by atoms with van der Waals surface area (Å²) in [6.07, 6.45) is -4.22. The molecule has 14 heavy (non-hydrogen) atoms. The Kier molecular flexibility index (Phi) is 3.07. The van der Waals surface area contributed by atoms with Gasteiger partial charge in [0.1, 0.15) is 4.88 Å². The molecule has 0 saturated heterocycles. The number of hydrogen-bond acceptors (Lipinski definition) is 1. The summed E-state index contributed by atoms with van der Waals surface area (Å²) in [5.41, 5.74) is 0. The third kappa shape index (κ3) is 2.01. The lowest BCUT2D eigenvalue weighted by Crippen LogP contribution is -2.00. The molecule has 0 fully saturated rings. The first-order chi connectivity index (χ1) is 6.07. The molecule has 2 aromatic rings. The molecule has 0 saturated carbocycles. The first kappa shape index (κ1) is 11.3. The molecule has 0 spiro atoms. The minimum Gasteiger partial charge on any atom is -0.165 e. The molecule has 0 N–H and O–H groups in total. The Labute approximate surface area is 88.8 Å². The van der Waals surface area contributed by atoms with Gasteiger partial charge in [0.15, 0.2) is 0 Å². The zero-order valence-electron chi connectivity index (χ0n) is 6.84. The maximum atomic E-state index is 12.2. The van der Waals surface area contributed by atoms with Gasteiger partial charge in [-0.2, -0.15) is 13.2 Å². The van der Waals surface area contributed by atoms with Crippen molar-refractivity contribution in [1.29, 1.82) is 0 Å². The first-order valence-electron chi connectivity index (χ1n) is 3.63. The second kappa shape index (κ2) is 3.79. The Morgan fingerprint density at radius 2 is 1.71 bits per heavy atom. The van der Waals surface area contributed by atoms with E-state index in [4.69, 9.17) is 0 Å². The maximum Gasteiger partial charge on any atom is 0.425 e. The standard InChI is InChI=1S/C9H5F3S.ClH/c10-9(11,12)8-5-6-3-1-2-4-7(6)13-8;/h1-5H;1H. The van der Waals surface area contributed by atoms with Crippen LogP contribution in [0.4, 0.5) is 13.2 Å². The van der Waals surface area contributed by atoms with Crippen molar-refractivity contribution in [2.24, 2.45) is 0 Å². The van der Waals surface area contributed by atoms with Crippen LogP contribution in [-0.4, -0.2) is 0 Å². The van der Waals surface area contributed by atoms with E-state index >= 15 is 0 Å². The van der Waals surface area contributed by atoms with E-state index < -0.39 is 11.1 Å². The fraction of sp³-hybridized carbons (Fsp3) is 0.111. The topological polar surface area (TPSA) is 0 Å². The molecule has 0 aliphatic carbocycles. The zero-order valence-corrected chi connectivity index (χ0v) is 8.47. The summed E-state index contributed by atoms with van der Waals surface area (Å²) >= 11 is 0.779. The average molecular weight is 239 g/mol. The lowest BCUT2D eigenvalue weighted by atomic mass is 10.2. The Hall–Kier alpha value is -0.740. The largest absolute Gasteiger partial charge is 0.425 e. The van der Waals surface area contributed by atoms with Crippen molar-refractivity contribution < 1.29 is 13.2 Å². The van der Waals surface area contributed by atoms with E-state index in [-0.39, 0.29) is 12.4 Å². The number of hydrogen-bond donors (Lipinski definition) is 0. The van der Waals surface area contributed by atoms with Crippen LogP contribution in [0.2, 0.25) is 0 Å². The van der Waals surface area contributed by atoms with Gasteiger partial charge in [-0.25, -0.2) is 0 Å². The number of thiophene rings is 1. The second-order valence-corrected chi connectivity index (χ2v) is 3.73. The highest BCUT2D eigenvalue weighted by Crippen LogP contribution is 2.37. The Morgan fingerprint density at radius 3 is 2.29 bits per heavy atom. The predicted octanol–water partition coefficient (Wildman–Crippen LogP) is 4.34. The summed E-state index contributed by atoms with van der Waals surface area (Å²) < 4.78 is 37.4. The summed E-state index contributed by atoms with van der Waals surface area (Å²) in [5.74, 6) is 0. The van der Waals surface area contributed by atoms with Crippen LogP contribution in [0.1, 0.15) is 4.88 Å². The van der Waals surface area contributed by atoms with Crippen molar-refractivity contribution in [2.45, 2.75) is 6.18 Å². The van der Waals surface area contributed by atoms with Gasteiger partial charge in [0.25, 0.3) is 0 Å². The van der Waals surface area contributed by atoms with Crippen molar-refractivity contribution in [2.75, 3.05) is 0 Å². The molecule has 0 amide bonds.